The Labute approximate surface area is 143 Å². The Kier molecular flexibility index (Phi) is 4.34. The zero-order valence-electron chi connectivity index (χ0n) is 14.6. The van der Waals surface area contributed by atoms with Crippen LogP contribution in [0, 0.1) is 17.3 Å². The monoisotopic (exact) mass is 340 g/mol. The Morgan fingerprint density at radius 2 is 1.71 bits per heavy atom. The van der Waals surface area contributed by atoms with Crippen molar-refractivity contribution in [3.05, 3.63) is 0 Å². The predicted octanol–water partition coefficient (Wildman–Crippen LogP) is 3.54. The van der Waals surface area contributed by atoms with Crippen molar-refractivity contribution in [2.24, 2.45) is 17.3 Å². The third kappa shape index (κ3) is 3.21. The van der Waals surface area contributed by atoms with Crippen LogP contribution in [0.15, 0.2) is 0 Å². The van der Waals surface area contributed by atoms with E-state index < -0.39 is 5.92 Å². The maximum absolute atomic E-state index is 13.0. The highest BCUT2D eigenvalue weighted by Gasteiger charge is 2.54. The van der Waals surface area contributed by atoms with Crippen LogP contribution >= 0.6 is 0 Å². The summed E-state index contributed by atoms with van der Waals surface area (Å²) in [5.41, 5.74) is -0.181. The zero-order chi connectivity index (χ0) is 16.8. The summed E-state index contributed by atoms with van der Waals surface area (Å²) in [6.45, 7) is 4.39. The van der Waals surface area contributed by atoms with Gasteiger partial charge in [-0.1, -0.05) is 19.3 Å². The van der Waals surface area contributed by atoms with Gasteiger partial charge in [0.2, 0.25) is 11.8 Å². The molecule has 0 aromatic carbocycles. The molecule has 1 amide bonds. The number of halogens is 2. The number of carbonyl (C=O) groups excluding carboxylic acids is 1. The van der Waals surface area contributed by atoms with Crippen LogP contribution in [0.5, 0.6) is 0 Å². The van der Waals surface area contributed by atoms with E-state index in [9.17, 15) is 13.6 Å². The molecule has 4 aliphatic rings. The van der Waals surface area contributed by atoms with Gasteiger partial charge in [-0.3, -0.25) is 4.79 Å². The van der Waals surface area contributed by atoms with Gasteiger partial charge in [-0.2, -0.15) is 0 Å². The number of amides is 1. The molecule has 2 saturated carbocycles. The summed E-state index contributed by atoms with van der Waals surface area (Å²) >= 11 is 0. The lowest BCUT2D eigenvalue weighted by Gasteiger charge is -2.54. The molecule has 0 bridgehead atoms. The van der Waals surface area contributed by atoms with E-state index in [1.807, 2.05) is 0 Å². The van der Waals surface area contributed by atoms with Gasteiger partial charge in [-0.05, 0) is 44.1 Å². The summed E-state index contributed by atoms with van der Waals surface area (Å²) in [6.07, 6.45) is 8.64. The van der Waals surface area contributed by atoms with Gasteiger partial charge in [0.1, 0.15) is 0 Å². The van der Waals surface area contributed by atoms with E-state index in [1.165, 1.54) is 32.1 Å². The first-order valence-corrected chi connectivity index (χ1v) is 9.85. The van der Waals surface area contributed by atoms with E-state index in [2.05, 4.69) is 9.80 Å². The minimum Gasteiger partial charge on any atom is -0.341 e. The molecule has 1 spiro atoms. The molecule has 1 unspecified atom stereocenters. The fourth-order valence-corrected chi connectivity index (χ4v) is 5.54. The van der Waals surface area contributed by atoms with Crippen LogP contribution in [0.4, 0.5) is 8.78 Å². The molecule has 24 heavy (non-hydrogen) atoms. The molecule has 1 atom stereocenters. The average Bonchev–Trinajstić information content (AvgIpc) is 2.54. The molecular formula is C19H30F2N2O. The van der Waals surface area contributed by atoms with Gasteiger partial charge in [-0.25, -0.2) is 8.78 Å². The van der Waals surface area contributed by atoms with E-state index in [0.29, 0.717) is 11.8 Å². The first kappa shape index (κ1) is 16.7. The van der Waals surface area contributed by atoms with Crippen molar-refractivity contribution in [1.29, 1.82) is 0 Å². The normalized spacial score (nSPS) is 35.1. The Hall–Kier alpha value is -0.710. The summed E-state index contributed by atoms with van der Waals surface area (Å²) in [7, 11) is 0. The number of rotatable bonds is 4. The predicted molar refractivity (Wildman–Crippen MR) is 88.9 cm³/mol. The molecule has 5 heteroatoms. The molecular weight excluding hydrogens is 310 g/mol. The lowest BCUT2D eigenvalue weighted by Crippen LogP contribution is -2.67. The highest BCUT2D eigenvalue weighted by Crippen LogP contribution is 2.45. The third-order valence-corrected chi connectivity index (χ3v) is 6.78. The van der Waals surface area contributed by atoms with E-state index in [4.69, 9.17) is 0 Å². The lowest BCUT2D eigenvalue weighted by atomic mass is 9.71. The Morgan fingerprint density at radius 1 is 0.958 bits per heavy atom. The first-order chi connectivity index (χ1) is 11.5. The first-order valence-electron chi connectivity index (χ1n) is 9.85. The van der Waals surface area contributed by atoms with Crippen LogP contribution in [0.1, 0.15) is 57.8 Å². The maximum atomic E-state index is 13.0. The molecule has 0 N–H and O–H groups in total. The Balaban J connectivity index is 1.27. The topological polar surface area (TPSA) is 23.6 Å². The average molecular weight is 340 g/mol. The molecule has 2 heterocycles. The van der Waals surface area contributed by atoms with Crippen molar-refractivity contribution in [1.82, 2.24) is 9.80 Å². The summed E-state index contributed by atoms with van der Waals surface area (Å²) < 4.78 is 26.1. The fourth-order valence-electron chi connectivity index (χ4n) is 5.54. The highest BCUT2D eigenvalue weighted by atomic mass is 19.3. The number of alkyl halides is 2. The van der Waals surface area contributed by atoms with Gasteiger partial charge in [0, 0.05) is 39.0 Å². The van der Waals surface area contributed by atoms with Crippen LogP contribution in [0.3, 0.4) is 0 Å². The van der Waals surface area contributed by atoms with E-state index in [0.717, 1.165) is 45.6 Å². The Bertz CT molecular complexity index is 484. The van der Waals surface area contributed by atoms with Gasteiger partial charge >= 0.3 is 0 Å². The van der Waals surface area contributed by atoms with Gasteiger partial charge < -0.3 is 9.80 Å². The molecule has 0 aromatic heterocycles. The number of piperidine rings is 1. The minimum absolute atomic E-state index is 0.0399. The molecule has 4 fully saturated rings. The second-order valence-electron chi connectivity index (χ2n) is 8.94. The van der Waals surface area contributed by atoms with Gasteiger partial charge in [0.05, 0.1) is 5.41 Å². The van der Waals surface area contributed by atoms with Crippen molar-refractivity contribution < 1.29 is 13.6 Å². The van der Waals surface area contributed by atoms with Gasteiger partial charge in [0.25, 0.3) is 0 Å². The summed E-state index contributed by atoms with van der Waals surface area (Å²) in [6, 6.07) is 0. The number of nitrogens with zero attached hydrogens (tertiary/aromatic N) is 2. The van der Waals surface area contributed by atoms with Gasteiger partial charge in [0.15, 0.2) is 0 Å². The van der Waals surface area contributed by atoms with Crippen molar-refractivity contribution >= 4 is 5.91 Å². The number of likely N-dealkylation sites (tertiary alicyclic amines) is 2. The van der Waals surface area contributed by atoms with E-state index in [-0.39, 0.29) is 24.2 Å². The molecule has 4 rings (SSSR count). The number of hydrogen-bond donors (Lipinski definition) is 0. The zero-order valence-corrected chi connectivity index (χ0v) is 14.6. The lowest BCUT2D eigenvalue weighted by molar-refractivity contribution is -0.169. The summed E-state index contributed by atoms with van der Waals surface area (Å²) in [5, 5.41) is 0. The number of carbonyl (C=O) groups is 1. The van der Waals surface area contributed by atoms with E-state index >= 15 is 0 Å². The van der Waals surface area contributed by atoms with Crippen molar-refractivity contribution in [3.63, 3.8) is 0 Å². The van der Waals surface area contributed by atoms with Crippen LogP contribution in [0.2, 0.25) is 0 Å². The van der Waals surface area contributed by atoms with Crippen molar-refractivity contribution in [2.75, 3.05) is 32.7 Å². The quantitative estimate of drug-likeness (QED) is 0.731. The minimum atomic E-state index is -2.43. The molecule has 0 aromatic rings. The molecule has 136 valence electrons. The maximum Gasteiger partial charge on any atom is 0.248 e. The molecule has 2 aliphatic heterocycles. The van der Waals surface area contributed by atoms with Crippen LogP contribution in [0.25, 0.3) is 0 Å². The van der Waals surface area contributed by atoms with E-state index in [1.54, 1.807) is 0 Å². The molecule has 3 nitrogen and oxygen atoms in total. The van der Waals surface area contributed by atoms with Crippen LogP contribution < -0.4 is 0 Å². The molecule has 0 radical (unpaired) electrons. The van der Waals surface area contributed by atoms with Crippen LogP contribution in [-0.2, 0) is 4.79 Å². The summed E-state index contributed by atoms with van der Waals surface area (Å²) in [4.78, 5) is 17.2. The SMILES string of the molecule is O=C1N(CC2CCCCC2)CC12CCCN(CC1CC(F)(F)C1)C2. The van der Waals surface area contributed by atoms with Crippen molar-refractivity contribution in [3.8, 4) is 0 Å². The third-order valence-electron chi connectivity index (χ3n) is 6.78. The second-order valence-corrected chi connectivity index (χ2v) is 8.94. The molecule has 2 aliphatic carbocycles. The standard InChI is InChI=1S/C19H30F2N2O/c20-19(21)9-16(10-19)11-22-8-4-7-18(13-22)14-23(17(18)24)12-15-5-2-1-3-6-15/h15-16H,1-14H2. The highest BCUT2D eigenvalue weighted by molar-refractivity contribution is 5.89. The smallest absolute Gasteiger partial charge is 0.248 e. The van der Waals surface area contributed by atoms with Gasteiger partial charge in [-0.15, -0.1) is 0 Å². The fraction of sp³-hybridized carbons (Fsp3) is 0.947. The number of hydrogen-bond acceptors (Lipinski definition) is 2. The molecule has 2 saturated heterocycles. The summed E-state index contributed by atoms with van der Waals surface area (Å²) in [5.74, 6) is -1.25. The Morgan fingerprint density at radius 3 is 2.38 bits per heavy atom. The van der Waals surface area contributed by atoms with Crippen molar-refractivity contribution in [2.45, 2.75) is 63.7 Å². The van der Waals surface area contributed by atoms with Crippen LogP contribution in [-0.4, -0.2) is 54.4 Å². The second kappa shape index (κ2) is 6.22. The largest absolute Gasteiger partial charge is 0.341 e. The number of β-lactam (4-membered cyclic amide) rings is 1.